The normalized spacial score (nSPS) is 47.8. The van der Waals surface area contributed by atoms with Gasteiger partial charge in [0.15, 0.2) is 5.69 Å². The maximum absolute atomic E-state index is 11.0. The number of aliphatic hydroxyl groups is 1. The zero-order valence-corrected chi connectivity index (χ0v) is 13.1. The van der Waals surface area contributed by atoms with Crippen molar-refractivity contribution in [2.75, 3.05) is 26.2 Å². The highest BCUT2D eigenvalue weighted by Crippen LogP contribution is 2.44. The summed E-state index contributed by atoms with van der Waals surface area (Å²) in [6.45, 7) is 8.95. The Hall–Kier alpha value is -0.970. The number of piperidine rings is 2. The maximum atomic E-state index is 11.0. The number of aliphatic hydroxyl groups excluding tert-OH is 1. The average molecular weight is 289 g/mol. The van der Waals surface area contributed by atoms with E-state index in [0.29, 0.717) is 6.17 Å². The fourth-order valence-electron chi connectivity index (χ4n) is 5.64. The van der Waals surface area contributed by atoms with E-state index in [2.05, 4.69) is 31.0 Å². The van der Waals surface area contributed by atoms with E-state index >= 15 is 0 Å². The highest BCUT2D eigenvalue weighted by atomic mass is 16.3. The smallest absolute Gasteiger partial charge is 0.257 e. The van der Waals surface area contributed by atoms with Crippen molar-refractivity contribution in [3.05, 3.63) is 30.1 Å². The van der Waals surface area contributed by atoms with Crippen molar-refractivity contribution in [1.29, 1.82) is 0 Å². The van der Waals surface area contributed by atoms with E-state index in [0.717, 1.165) is 39.0 Å². The summed E-state index contributed by atoms with van der Waals surface area (Å²) < 4.78 is 0. The second-order valence-electron chi connectivity index (χ2n) is 7.55. The first-order valence-corrected chi connectivity index (χ1v) is 8.42. The largest absolute Gasteiger partial charge is 0.391 e. The van der Waals surface area contributed by atoms with E-state index in [4.69, 9.17) is 0 Å². The highest BCUT2D eigenvalue weighted by Gasteiger charge is 2.70. The van der Waals surface area contributed by atoms with Gasteiger partial charge in [-0.1, -0.05) is 19.9 Å². The van der Waals surface area contributed by atoms with Crippen LogP contribution in [0.2, 0.25) is 0 Å². The van der Waals surface area contributed by atoms with Crippen molar-refractivity contribution in [1.82, 2.24) is 4.98 Å². The van der Waals surface area contributed by atoms with Crippen molar-refractivity contribution >= 4 is 0 Å². The quantitative estimate of drug-likeness (QED) is 0.671. The van der Waals surface area contributed by atoms with Crippen LogP contribution in [0, 0.1) is 10.8 Å². The number of hydrogen-bond acceptors (Lipinski definition) is 2. The number of aromatic nitrogens is 1. The molecule has 114 valence electrons. The van der Waals surface area contributed by atoms with Crippen LogP contribution in [0.4, 0.5) is 0 Å². The van der Waals surface area contributed by atoms with Gasteiger partial charge in [-0.3, -0.25) is 9.80 Å². The van der Waals surface area contributed by atoms with Crippen molar-refractivity contribution in [2.24, 2.45) is 10.8 Å². The number of nitrogens with one attached hydrogen (secondary N) is 2. The van der Waals surface area contributed by atoms with Crippen LogP contribution in [0.15, 0.2) is 24.4 Å². The van der Waals surface area contributed by atoms with Gasteiger partial charge in [0, 0.05) is 6.20 Å². The van der Waals surface area contributed by atoms with Gasteiger partial charge in [-0.2, -0.15) is 0 Å². The van der Waals surface area contributed by atoms with Gasteiger partial charge >= 0.3 is 0 Å². The van der Waals surface area contributed by atoms with Crippen molar-refractivity contribution in [2.45, 2.75) is 39.0 Å². The summed E-state index contributed by atoms with van der Waals surface area (Å²) in [5.41, 5.74) is 1.48. The van der Waals surface area contributed by atoms with Crippen molar-refractivity contribution in [3.8, 4) is 0 Å². The predicted octanol–water partition coefficient (Wildman–Crippen LogP) is -0.955. The molecule has 0 atom stereocenters. The lowest BCUT2D eigenvalue weighted by molar-refractivity contribution is -1.19. The monoisotopic (exact) mass is 289 g/mol. The molecule has 0 aromatic carbocycles. The van der Waals surface area contributed by atoms with Gasteiger partial charge in [-0.05, 0) is 25.0 Å². The SMILES string of the molecule is CCC12C[NH+]3CC(CC)(C[NH+](C1)C3c1ccccn1)C2O. The second-order valence-corrected chi connectivity index (χ2v) is 7.55. The molecule has 4 bridgehead atoms. The summed E-state index contributed by atoms with van der Waals surface area (Å²) in [5.74, 6) is 0. The van der Waals surface area contributed by atoms with Gasteiger partial charge in [0.05, 0.1) is 43.1 Å². The minimum atomic E-state index is -0.114. The third-order valence-corrected chi connectivity index (χ3v) is 6.68. The molecule has 0 aliphatic carbocycles. The molecule has 0 spiro atoms. The van der Waals surface area contributed by atoms with Gasteiger partial charge < -0.3 is 5.11 Å². The molecule has 3 N–H and O–H groups in total. The summed E-state index contributed by atoms with van der Waals surface area (Å²) >= 11 is 0. The Kier molecular flexibility index (Phi) is 2.94. The lowest BCUT2D eigenvalue weighted by Gasteiger charge is -2.63. The Morgan fingerprint density at radius 1 is 1.10 bits per heavy atom. The number of hydrogen-bond donors (Lipinski definition) is 3. The Morgan fingerprint density at radius 3 is 2.10 bits per heavy atom. The lowest BCUT2D eigenvalue weighted by Crippen LogP contribution is -3.41. The first-order valence-electron chi connectivity index (χ1n) is 8.42. The van der Waals surface area contributed by atoms with E-state index in [-0.39, 0.29) is 16.9 Å². The molecule has 0 radical (unpaired) electrons. The van der Waals surface area contributed by atoms with E-state index in [9.17, 15) is 5.11 Å². The van der Waals surface area contributed by atoms with Crippen LogP contribution in [0.5, 0.6) is 0 Å². The summed E-state index contributed by atoms with van der Waals surface area (Å²) in [6, 6.07) is 6.29. The summed E-state index contributed by atoms with van der Waals surface area (Å²) in [6.07, 6.45) is 4.47. The zero-order valence-electron chi connectivity index (χ0n) is 13.1. The molecule has 1 aromatic heterocycles. The van der Waals surface area contributed by atoms with Crippen LogP contribution < -0.4 is 9.80 Å². The topological polar surface area (TPSA) is 42.0 Å². The molecule has 4 saturated heterocycles. The van der Waals surface area contributed by atoms with Crippen LogP contribution in [-0.4, -0.2) is 42.4 Å². The third kappa shape index (κ3) is 1.70. The molecular formula is C17H27N3O+2. The summed E-state index contributed by atoms with van der Waals surface area (Å²) in [5, 5.41) is 11.0. The number of pyridine rings is 1. The summed E-state index contributed by atoms with van der Waals surface area (Å²) in [7, 11) is 0. The molecule has 4 heteroatoms. The van der Waals surface area contributed by atoms with Crippen LogP contribution in [-0.2, 0) is 0 Å². The molecular weight excluding hydrogens is 262 g/mol. The van der Waals surface area contributed by atoms with Gasteiger partial charge in [0.2, 0.25) is 0 Å². The molecule has 4 aliphatic heterocycles. The standard InChI is InChI=1S/C17H25N3O/c1-3-16-9-19-11-17(4-2,15(16)21)12-20(10-16)14(19)13-7-5-6-8-18-13/h5-8,14-15,21H,3-4,9-12H2,1-2H3/p+2. The fourth-order valence-corrected chi connectivity index (χ4v) is 5.64. The predicted molar refractivity (Wildman–Crippen MR) is 79.8 cm³/mol. The molecule has 5 rings (SSSR count). The number of nitrogens with zero attached hydrogens (tertiary/aromatic N) is 1. The van der Waals surface area contributed by atoms with Crippen LogP contribution in [0.1, 0.15) is 38.5 Å². The van der Waals surface area contributed by atoms with Gasteiger partial charge in [-0.25, -0.2) is 4.98 Å². The van der Waals surface area contributed by atoms with Crippen molar-refractivity contribution in [3.63, 3.8) is 0 Å². The van der Waals surface area contributed by atoms with Gasteiger partial charge in [-0.15, -0.1) is 0 Å². The fraction of sp³-hybridized carbons (Fsp3) is 0.706. The van der Waals surface area contributed by atoms with E-state index in [1.165, 1.54) is 5.69 Å². The maximum Gasteiger partial charge on any atom is 0.257 e. The Labute approximate surface area is 126 Å². The highest BCUT2D eigenvalue weighted by molar-refractivity contribution is 5.09. The number of rotatable bonds is 3. The molecule has 4 fully saturated rings. The molecule has 0 unspecified atom stereocenters. The van der Waals surface area contributed by atoms with Crippen LogP contribution in [0.3, 0.4) is 0 Å². The van der Waals surface area contributed by atoms with Crippen LogP contribution >= 0.6 is 0 Å². The minimum Gasteiger partial charge on any atom is -0.391 e. The summed E-state index contributed by atoms with van der Waals surface area (Å²) in [4.78, 5) is 7.93. The lowest BCUT2D eigenvalue weighted by atomic mass is 9.57. The van der Waals surface area contributed by atoms with E-state index < -0.39 is 0 Å². The Bertz CT molecular complexity index is 492. The molecule has 0 saturated carbocycles. The first kappa shape index (κ1) is 13.7. The number of quaternary nitrogens is 2. The molecule has 0 amide bonds. The molecule has 21 heavy (non-hydrogen) atoms. The average Bonchev–Trinajstić information content (AvgIpc) is 2.52. The molecule has 4 aliphatic rings. The Balaban J connectivity index is 1.75. The van der Waals surface area contributed by atoms with Crippen molar-refractivity contribution < 1.29 is 14.9 Å². The molecule has 5 heterocycles. The Morgan fingerprint density at radius 2 is 1.67 bits per heavy atom. The minimum absolute atomic E-state index is 0.114. The van der Waals surface area contributed by atoms with Gasteiger partial charge in [0.1, 0.15) is 0 Å². The van der Waals surface area contributed by atoms with E-state index in [1.807, 2.05) is 12.3 Å². The molecule has 4 nitrogen and oxygen atoms in total. The van der Waals surface area contributed by atoms with Gasteiger partial charge in [0.25, 0.3) is 6.17 Å². The first-order chi connectivity index (χ1) is 10.1. The molecule has 1 aromatic rings. The zero-order chi connectivity index (χ0) is 14.7. The third-order valence-electron chi connectivity index (χ3n) is 6.68. The van der Waals surface area contributed by atoms with Crippen LogP contribution in [0.25, 0.3) is 0 Å². The van der Waals surface area contributed by atoms with E-state index in [1.54, 1.807) is 9.80 Å². The second kappa shape index (κ2) is 4.51.